The van der Waals surface area contributed by atoms with Crippen molar-refractivity contribution < 1.29 is 13.2 Å². The molecule has 0 bridgehead atoms. The number of nitrogens with zero attached hydrogens (tertiary/aromatic N) is 1. The van der Waals surface area contributed by atoms with E-state index >= 15 is 0 Å². The largest absolute Gasteiger partial charge is 0.242 e. The van der Waals surface area contributed by atoms with Gasteiger partial charge in [0.2, 0.25) is 0 Å². The molecule has 0 saturated carbocycles. The highest BCUT2D eigenvalue weighted by Crippen LogP contribution is 2.30. The zero-order valence-electron chi connectivity index (χ0n) is 6.15. The van der Waals surface area contributed by atoms with E-state index in [0.29, 0.717) is 0 Å². The van der Waals surface area contributed by atoms with Gasteiger partial charge in [-0.25, -0.2) is 13.2 Å². The fourth-order valence-electron chi connectivity index (χ4n) is 1.01. The van der Waals surface area contributed by atoms with Crippen LogP contribution in [0.4, 0.5) is 13.2 Å². The molecule has 0 spiro atoms. The van der Waals surface area contributed by atoms with Gasteiger partial charge < -0.3 is 0 Å². The van der Waals surface area contributed by atoms with Gasteiger partial charge in [0.05, 0.1) is 12.5 Å². The van der Waals surface area contributed by atoms with Crippen LogP contribution in [0.15, 0.2) is 23.3 Å². The lowest BCUT2D eigenvalue weighted by atomic mass is 10.0. The van der Waals surface area contributed by atoms with E-state index in [2.05, 4.69) is 0 Å². The third kappa shape index (κ3) is 1.67. The van der Waals surface area contributed by atoms with E-state index in [1.807, 2.05) is 0 Å². The van der Waals surface area contributed by atoms with Crippen LogP contribution >= 0.6 is 0 Å². The van der Waals surface area contributed by atoms with Crippen molar-refractivity contribution in [3.8, 4) is 6.07 Å². The summed E-state index contributed by atoms with van der Waals surface area (Å²) in [6.07, 6.45) is -1.41. The SMILES string of the molecule is N#CCC1=CC(F)CC(F)=C1F. The summed E-state index contributed by atoms with van der Waals surface area (Å²) < 4.78 is 37.8. The molecular formula is C8H6F3N. The number of hydrogen-bond donors (Lipinski definition) is 0. The van der Waals surface area contributed by atoms with E-state index < -0.39 is 24.2 Å². The molecule has 1 aliphatic rings. The normalized spacial score (nSPS) is 23.5. The zero-order chi connectivity index (χ0) is 9.14. The Labute approximate surface area is 67.8 Å². The van der Waals surface area contributed by atoms with Gasteiger partial charge in [-0.2, -0.15) is 5.26 Å². The van der Waals surface area contributed by atoms with Gasteiger partial charge in [0.15, 0.2) is 5.83 Å². The molecule has 0 aromatic rings. The van der Waals surface area contributed by atoms with Crippen molar-refractivity contribution >= 4 is 0 Å². The van der Waals surface area contributed by atoms with Crippen LogP contribution in [0.2, 0.25) is 0 Å². The quantitative estimate of drug-likeness (QED) is 0.598. The number of halogens is 3. The minimum Gasteiger partial charge on any atom is -0.242 e. The third-order valence-corrected chi connectivity index (χ3v) is 1.55. The minimum atomic E-state index is -1.51. The van der Waals surface area contributed by atoms with E-state index in [-0.39, 0.29) is 12.0 Å². The number of alkyl halides is 1. The number of nitriles is 1. The van der Waals surface area contributed by atoms with E-state index in [0.717, 1.165) is 6.08 Å². The van der Waals surface area contributed by atoms with Crippen LogP contribution in [0.1, 0.15) is 12.8 Å². The summed E-state index contributed by atoms with van der Waals surface area (Å²) in [5, 5.41) is 8.18. The summed E-state index contributed by atoms with van der Waals surface area (Å²) in [6, 6.07) is 1.63. The lowest BCUT2D eigenvalue weighted by Gasteiger charge is -2.11. The van der Waals surface area contributed by atoms with E-state index in [4.69, 9.17) is 5.26 Å². The highest BCUT2D eigenvalue weighted by atomic mass is 19.2. The maximum atomic E-state index is 12.7. The summed E-state index contributed by atoms with van der Waals surface area (Å²) in [4.78, 5) is 0. The lowest BCUT2D eigenvalue weighted by Crippen LogP contribution is -2.05. The van der Waals surface area contributed by atoms with Gasteiger partial charge in [0.1, 0.15) is 12.0 Å². The van der Waals surface area contributed by atoms with Crippen LogP contribution in [0.5, 0.6) is 0 Å². The van der Waals surface area contributed by atoms with Gasteiger partial charge in [0.25, 0.3) is 0 Å². The van der Waals surface area contributed by atoms with Gasteiger partial charge in [-0.15, -0.1) is 0 Å². The van der Waals surface area contributed by atoms with Crippen LogP contribution in [0.3, 0.4) is 0 Å². The highest BCUT2D eigenvalue weighted by Gasteiger charge is 2.21. The first-order valence-electron chi connectivity index (χ1n) is 3.41. The maximum absolute atomic E-state index is 12.7. The van der Waals surface area contributed by atoms with Crippen molar-refractivity contribution in [2.24, 2.45) is 0 Å². The van der Waals surface area contributed by atoms with Crippen LogP contribution < -0.4 is 0 Å². The number of allylic oxidation sites excluding steroid dienone is 4. The van der Waals surface area contributed by atoms with Gasteiger partial charge in [-0.3, -0.25) is 0 Å². The molecule has 0 aliphatic heterocycles. The topological polar surface area (TPSA) is 23.8 Å². The van der Waals surface area contributed by atoms with Gasteiger partial charge in [-0.05, 0) is 6.08 Å². The lowest BCUT2D eigenvalue weighted by molar-refractivity contribution is 0.352. The van der Waals surface area contributed by atoms with Crippen LogP contribution in [0, 0.1) is 11.3 Å². The summed E-state index contributed by atoms with van der Waals surface area (Å²) in [6.45, 7) is 0. The van der Waals surface area contributed by atoms with Crippen molar-refractivity contribution in [3.63, 3.8) is 0 Å². The number of hydrogen-bond acceptors (Lipinski definition) is 1. The van der Waals surface area contributed by atoms with Crippen molar-refractivity contribution in [2.75, 3.05) is 0 Å². The predicted molar refractivity (Wildman–Crippen MR) is 37.1 cm³/mol. The summed E-state index contributed by atoms with van der Waals surface area (Å²) in [7, 11) is 0. The average Bonchev–Trinajstić information content (AvgIpc) is 2.00. The average molecular weight is 173 g/mol. The second-order valence-corrected chi connectivity index (χ2v) is 2.47. The molecule has 12 heavy (non-hydrogen) atoms. The van der Waals surface area contributed by atoms with Crippen LogP contribution in [-0.2, 0) is 0 Å². The first kappa shape index (κ1) is 8.85. The molecular weight excluding hydrogens is 167 g/mol. The Balaban J connectivity index is 2.90. The van der Waals surface area contributed by atoms with Crippen molar-refractivity contribution in [2.45, 2.75) is 19.0 Å². The fourth-order valence-corrected chi connectivity index (χ4v) is 1.01. The Morgan fingerprint density at radius 3 is 2.83 bits per heavy atom. The molecule has 0 radical (unpaired) electrons. The molecule has 1 atom stereocenters. The Bertz CT molecular complexity index is 285. The van der Waals surface area contributed by atoms with Crippen molar-refractivity contribution in [1.82, 2.24) is 0 Å². The molecule has 0 aromatic heterocycles. The second kappa shape index (κ2) is 3.44. The summed E-state index contributed by atoms with van der Waals surface area (Å²) in [5.41, 5.74) is -0.186. The zero-order valence-corrected chi connectivity index (χ0v) is 6.15. The predicted octanol–water partition coefficient (Wildman–Crippen LogP) is 2.72. The Morgan fingerprint density at radius 2 is 2.25 bits per heavy atom. The van der Waals surface area contributed by atoms with Gasteiger partial charge in [0, 0.05) is 12.0 Å². The Kier molecular flexibility index (Phi) is 2.54. The van der Waals surface area contributed by atoms with Crippen LogP contribution in [-0.4, -0.2) is 6.17 Å². The molecule has 0 amide bonds. The van der Waals surface area contributed by atoms with E-state index in [1.54, 1.807) is 6.07 Å². The standard InChI is InChI=1S/C8H6F3N/c9-6-3-5(1-2-12)8(11)7(10)4-6/h3,6H,1,4H2. The van der Waals surface area contributed by atoms with Crippen molar-refractivity contribution in [3.05, 3.63) is 23.3 Å². The second-order valence-electron chi connectivity index (χ2n) is 2.47. The van der Waals surface area contributed by atoms with E-state index in [9.17, 15) is 13.2 Å². The molecule has 1 aliphatic carbocycles. The highest BCUT2D eigenvalue weighted by molar-refractivity contribution is 5.34. The molecule has 1 unspecified atom stereocenters. The molecule has 0 aromatic carbocycles. The Morgan fingerprint density at radius 1 is 1.58 bits per heavy atom. The van der Waals surface area contributed by atoms with Gasteiger partial charge >= 0.3 is 0 Å². The fraction of sp³-hybridized carbons (Fsp3) is 0.375. The minimum absolute atomic E-state index is 0.186. The van der Waals surface area contributed by atoms with Gasteiger partial charge in [-0.1, -0.05) is 0 Å². The van der Waals surface area contributed by atoms with Crippen molar-refractivity contribution in [1.29, 1.82) is 5.26 Å². The first-order valence-corrected chi connectivity index (χ1v) is 3.41. The molecule has 4 heteroatoms. The molecule has 64 valence electrons. The molecule has 0 N–H and O–H groups in total. The molecule has 0 saturated heterocycles. The first-order chi connectivity index (χ1) is 5.65. The Hall–Kier alpha value is -1.24. The molecule has 0 fully saturated rings. The molecule has 1 nitrogen and oxygen atoms in total. The third-order valence-electron chi connectivity index (χ3n) is 1.55. The molecule has 0 heterocycles. The number of rotatable bonds is 1. The monoisotopic (exact) mass is 173 g/mol. The maximum Gasteiger partial charge on any atom is 0.158 e. The smallest absolute Gasteiger partial charge is 0.158 e. The van der Waals surface area contributed by atoms with Crippen LogP contribution in [0.25, 0.3) is 0 Å². The summed E-state index contributed by atoms with van der Waals surface area (Å²) >= 11 is 0. The summed E-state index contributed by atoms with van der Waals surface area (Å²) in [5.74, 6) is -2.18. The molecule has 1 rings (SSSR count). The van der Waals surface area contributed by atoms with E-state index in [1.165, 1.54) is 0 Å².